The molecular weight excluding hydrogens is 386 g/mol. The zero-order valence-corrected chi connectivity index (χ0v) is 16.8. The Hall–Kier alpha value is -3.81. The van der Waals surface area contributed by atoms with Crippen LogP contribution in [0.2, 0.25) is 0 Å². The van der Waals surface area contributed by atoms with Crippen LogP contribution in [0.3, 0.4) is 0 Å². The Morgan fingerprint density at radius 2 is 1.80 bits per heavy atom. The molecule has 154 valence electrons. The summed E-state index contributed by atoms with van der Waals surface area (Å²) in [5.74, 6) is -1.50. The molecule has 0 aliphatic carbocycles. The van der Waals surface area contributed by atoms with Crippen LogP contribution in [-0.4, -0.2) is 33.5 Å². The number of rotatable bonds is 6. The number of esters is 1. The Bertz CT molecular complexity index is 1200. The highest BCUT2D eigenvalue weighted by Gasteiger charge is 2.23. The maximum atomic E-state index is 12.7. The summed E-state index contributed by atoms with van der Waals surface area (Å²) in [4.78, 5) is 49.1. The van der Waals surface area contributed by atoms with E-state index in [1.165, 1.54) is 18.5 Å². The van der Waals surface area contributed by atoms with Gasteiger partial charge in [0.25, 0.3) is 11.5 Å². The van der Waals surface area contributed by atoms with Gasteiger partial charge < -0.3 is 10.1 Å². The van der Waals surface area contributed by atoms with Gasteiger partial charge in [0.2, 0.25) is 0 Å². The van der Waals surface area contributed by atoms with Crippen molar-refractivity contribution in [2.75, 3.05) is 5.32 Å². The summed E-state index contributed by atoms with van der Waals surface area (Å²) in [6.45, 7) is 4.88. The van der Waals surface area contributed by atoms with Gasteiger partial charge in [0.05, 0.1) is 5.39 Å². The van der Waals surface area contributed by atoms with Crippen LogP contribution in [0, 0.1) is 0 Å². The molecule has 1 atom stereocenters. The zero-order chi connectivity index (χ0) is 21.8. The first-order valence-electron chi connectivity index (χ1n) is 9.44. The second-order valence-corrected chi connectivity index (χ2v) is 6.69. The minimum absolute atomic E-state index is 0.0368. The minimum atomic E-state index is -1.12. The summed E-state index contributed by atoms with van der Waals surface area (Å²) < 4.78 is 6.48. The lowest BCUT2D eigenvalue weighted by molar-refractivity contribution is -0.123. The number of nitrogens with one attached hydrogen (secondary N) is 1. The average Bonchev–Trinajstić information content (AvgIpc) is 2.74. The van der Waals surface area contributed by atoms with Crippen LogP contribution in [0.25, 0.3) is 10.8 Å². The number of fused-ring (bicyclic) bond motifs is 1. The molecule has 0 saturated heterocycles. The van der Waals surface area contributed by atoms with Crippen molar-refractivity contribution >= 4 is 34.1 Å². The number of nitrogens with zero attached hydrogens (tertiary/aromatic N) is 2. The molecule has 30 heavy (non-hydrogen) atoms. The van der Waals surface area contributed by atoms with Crippen molar-refractivity contribution in [2.24, 2.45) is 0 Å². The fraction of sp³-hybridized carbons (Fsp3) is 0.227. The lowest BCUT2D eigenvalue weighted by atomic mass is 10.1. The lowest BCUT2D eigenvalue weighted by Crippen LogP contribution is -2.32. The summed E-state index contributed by atoms with van der Waals surface area (Å²) in [7, 11) is 0. The molecule has 0 fully saturated rings. The van der Waals surface area contributed by atoms with Crippen LogP contribution < -0.4 is 10.9 Å². The van der Waals surface area contributed by atoms with Crippen LogP contribution >= 0.6 is 0 Å². The van der Waals surface area contributed by atoms with Gasteiger partial charge in [-0.1, -0.05) is 30.3 Å². The highest BCUT2D eigenvalue weighted by molar-refractivity contribution is 6.04. The molecule has 0 spiro atoms. The molecule has 0 bridgehead atoms. The summed E-state index contributed by atoms with van der Waals surface area (Å²) in [5.41, 5.74) is 0.528. The van der Waals surface area contributed by atoms with E-state index < -0.39 is 18.0 Å². The molecule has 0 aliphatic rings. The van der Waals surface area contributed by atoms with Crippen molar-refractivity contribution in [1.82, 2.24) is 9.78 Å². The van der Waals surface area contributed by atoms with Crippen LogP contribution in [0.4, 0.5) is 5.69 Å². The van der Waals surface area contributed by atoms with Crippen molar-refractivity contribution in [3.8, 4) is 0 Å². The van der Waals surface area contributed by atoms with Gasteiger partial charge in [-0.15, -0.1) is 0 Å². The first-order chi connectivity index (χ1) is 14.3. The van der Waals surface area contributed by atoms with Crippen molar-refractivity contribution in [3.63, 3.8) is 0 Å². The molecule has 8 nitrogen and oxygen atoms in total. The van der Waals surface area contributed by atoms with Gasteiger partial charge in [-0.25, -0.2) is 9.48 Å². The minimum Gasteiger partial charge on any atom is -0.448 e. The van der Waals surface area contributed by atoms with Gasteiger partial charge in [-0.2, -0.15) is 5.10 Å². The van der Waals surface area contributed by atoms with Crippen molar-refractivity contribution in [1.29, 1.82) is 0 Å². The third-order valence-electron chi connectivity index (χ3n) is 4.55. The number of ketones is 1. The molecule has 1 amide bonds. The molecule has 0 radical (unpaired) electrons. The quantitative estimate of drug-likeness (QED) is 0.497. The van der Waals surface area contributed by atoms with E-state index in [1.807, 2.05) is 0 Å². The number of benzene rings is 2. The van der Waals surface area contributed by atoms with Crippen LogP contribution in [0.1, 0.15) is 41.6 Å². The van der Waals surface area contributed by atoms with E-state index >= 15 is 0 Å². The maximum Gasteiger partial charge on any atom is 0.360 e. The predicted octanol–water partition coefficient (Wildman–Crippen LogP) is 2.80. The molecule has 2 aromatic carbocycles. The second kappa shape index (κ2) is 8.69. The fourth-order valence-electron chi connectivity index (χ4n) is 2.93. The lowest BCUT2D eigenvalue weighted by Gasteiger charge is -2.15. The second-order valence-electron chi connectivity index (χ2n) is 6.69. The van der Waals surface area contributed by atoms with Crippen molar-refractivity contribution in [3.05, 3.63) is 70.1 Å². The first-order valence-corrected chi connectivity index (χ1v) is 9.44. The molecule has 1 heterocycles. The van der Waals surface area contributed by atoms with E-state index in [4.69, 9.17) is 4.74 Å². The standard InChI is InChI=1S/C22H21N3O5/c1-4-25-21(28)18-11-6-5-10-17(18)19(24-25)22(29)30-14(3)20(27)23-16-9-7-8-15(12-16)13(2)26/h5-12,14H,4H2,1-3H3,(H,23,27)/t14-/m0/s1. The number of carbonyl (C=O) groups excluding carboxylic acids is 3. The van der Waals surface area contributed by atoms with Crippen molar-refractivity contribution in [2.45, 2.75) is 33.4 Å². The van der Waals surface area contributed by atoms with E-state index in [9.17, 15) is 19.2 Å². The van der Waals surface area contributed by atoms with Crippen LogP contribution in [-0.2, 0) is 16.1 Å². The van der Waals surface area contributed by atoms with E-state index in [0.717, 1.165) is 0 Å². The number of hydrogen-bond acceptors (Lipinski definition) is 6. The Labute approximate surface area is 172 Å². The molecule has 3 rings (SSSR count). The number of aryl methyl sites for hydroxylation is 1. The molecular formula is C22H21N3O5. The molecule has 1 N–H and O–H groups in total. The van der Waals surface area contributed by atoms with Gasteiger partial charge in [-0.05, 0) is 39.0 Å². The third-order valence-corrected chi connectivity index (χ3v) is 4.55. The summed E-state index contributed by atoms with van der Waals surface area (Å²) in [6.07, 6.45) is -1.12. The molecule has 8 heteroatoms. The monoisotopic (exact) mass is 407 g/mol. The Morgan fingerprint density at radius 1 is 1.10 bits per heavy atom. The number of carbonyl (C=O) groups is 3. The Balaban J connectivity index is 1.81. The van der Waals surface area contributed by atoms with E-state index in [1.54, 1.807) is 55.5 Å². The third kappa shape index (κ3) is 4.27. The first kappa shape index (κ1) is 20.9. The summed E-state index contributed by atoms with van der Waals surface area (Å²) in [5, 5.41) is 7.43. The van der Waals surface area contributed by atoms with E-state index in [-0.39, 0.29) is 23.6 Å². The molecule has 0 aliphatic heterocycles. The van der Waals surface area contributed by atoms with Gasteiger partial charge in [0.15, 0.2) is 17.6 Å². The molecule has 3 aromatic rings. The van der Waals surface area contributed by atoms with Gasteiger partial charge in [0.1, 0.15) is 0 Å². The Kier molecular flexibility index (Phi) is 6.06. The van der Waals surface area contributed by atoms with Gasteiger partial charge in [0, 0.05) is 23.2 Å². The summed E-state index contributed by atoms with van der Waals surface area (Å²) >= 11 is 0. The number of hydrogen-bond donors (Lipinski definition) is 1. The van der Waals surface area contributed by atoms with Gasteiger partial charge in [-0.3, -0.25) is 14.4 Å². The number of anilines is 1. The SMILES string of the molecule is CCn1nc(C(=O)O[C@@H](C)C(=O)Nc2cccc(C(C)=O)c2)c2ccccc2c1=O. The fourth-order valence-corrected chi connectivity index (χ4v) is 2.93. The molecule has 0 unspecified atom stereocenters. The van der Waals surface area contributed by atoms with E-state index in [2.05, 4.69) is 10.4 Å². The number of aromatic nitrogens is 2. The van der Waals surface area contributed by atoms with Crippen molar-refractivity contribution < 1.29 is 19.1 Å². The number of amides is 1. The Morgan fingerprint density at radius 3 is 2.47 bits per heavy atom. The number of Topliss-reactive ketones (excluding diaryl/α,β-unsaturated/α-hetero) is 1. The highest BCUT2D eigenvalue weighted by Crippen LogP contribution is 2.16. The van der Waals surface area contributed by atoms with Crippen LogP contribution in [0.15, 0.2) is 53.3 Å². The van der Waals surface area contributed by atoms with E-state index in [0.29, 0.717) is 22.0 Å². The smallest absolute Gasteiger partial charge is 0.360 e. The largest absolute Gasteiger partial charge is 0.448 e. The predicted molar refractivity (Wildman–Crippen MR) is 112 cm³/mol. The van der Waals surface area contributed by atoms with Crippen LogP contribution in [0.5, 0.6) is 0 Å². The number of ether oxygens (including phenoxy) is 1. The molecule has 1 aromatic heterocycles. The summed E-state index contributed by atoms with van der Waals surface area (Å²) in [6, 6.07) is 13.1. The van der Waals surface area contributed by atoms with Gasteiger partial charge >= 0.3 is 5.97 Å². The molecule has 0 saturated carbocycles. The topological polar surface area (TPSA) is 107 Å². The highest BCUT2D eigenvalue weighted by atomic mass is 16.5. The normalized spacial score (nSPS) is 11.7. The average molecular weight is 407 g/mol. The maximum absolute atomic E-state index is 12.7. The zero-order valence-electron chi connectivity index (χ0n) is 16.8.